The Morgan fingerprint density at radius 1 is 0.943 bits per heavy atom. The number of hydrogen-bond acceptors (Lipinski definition) is 7. The second kappa shape index (κ2) is 11.6. The minimum absolute atomic E-state index is 0.0111. The van der Waals surface area contributed by atoms with E-state index >= 15 is 0 Å². The Labute approximate surface area is 208 Å². The van der Waals surface area contributed by atoms with Crippen molar-refractivity contribution in [1.82, 2.24) is 24.6 Å². The minimum Gasteiger partial charge on any atom is -0.447 e. The topological polar surface area (TPSA) is 76.3 Å². The van der Waals surface area contributed by atoms with E-state index in [9.17, 15) is 9.90 Å². The van der Waals surface area contributed by atoms with Crippen LogP contribution in [0.4, 0.5) is 0 Å². The molecule has 1 aromatic carbocycles. The fourth-order valence-corrected chi connectivity index (χ4v) is 5.73. The number of aliphatic hydroxyl groups excluding tert-OH is 1. The van der Waals surface area contributed by atoms with Crippen LogP contribution < -0.4 is 0 Å². The summed E-state index contributed by atoms with van der Waals surface area (Å²) in [6.07, 6.45) is 7.73. The molecule has 1 aromatic heterocycles. The van der Waals surface area contributed by atoms with Gasteiger partial charge in [-0.2, -0.15) is 0 Å². The highest BCUT2D eigenvalue weighted by molar-refractivity contribution is 5.92. The van der Waals surface area contributed by atoms with Crippen LogP contribution in [-0.2, 0) is 6.54 Å². The number of carbonyl (C=O) groups excluding carboxylic acids is 1. The summed E-state index contributed by atoms with van der Waals surface area (Å²) in [4.78, 5) is 26.6. The van der Waals surface area contributed by atoms with Gasteiger partial charge in [-0.15, -0.1) is 0 Å². The zero-order valence-electron chi connectivity index (χ0n) is 20.7. The molecule has 5 rings (SSSR count). The molecule has 3 fully saturated rings. The van der Waals surface area contributed by atoms with Crippen LogP contribution in [0.3, 0.4) is 0 Å². The van der Waals surface area contributed by atoms with Crippen molar-refractivity contribution < 1.29 is 14.3 Å². The van der Waals surface area contributed by atoms with Crippen molar-refractivity contribution in [2.45, 2.75) is 50.8 Å². The summed E-state index contributed by atoms with van der Waals surface area (Å²) in [5.41, 5.74) is 1.39. The Bertz CT molecular complexity index is 929. The summed E-state index contributed by atoms with van der Waals surface area (Å²) in [6, 6.07) is 10.5. The van der Waals surface area contributed by atoms with Crippen molar-refractivity contribution in [3.8, 4) is 0 Å². The standard InChI is InChI=1S/C27H39N5O3/c33-25(22-7-3-1-4-8-22)19-29-11-13-30(14-12-29)20-26-28-24(21-35-26)27(34)32-17-15-31(16-18-32)23-9-5-2-6-10-23/h1,3-4,7-8,21,23,25,33H,2,5-6,9-20H2. The quantitative estimate of drug-likeness (QED) is 0.652. The monoisotopic (exact) mass is 481 g/mol. The number of aromatic nitrogens is 1. The molecule has 190 valence electrons. The molecule has 1 saturated carbocycles. The summed E-state index contributed by atoms with van der Waals surface area (Å²) in [7, 11) is 0. The first-order valence-electron chi connectivity index (χ1n) is 13.3. The minimum atomic E-state index is -0.465. The highest BCUT2D eigenvalue weighted by atomic mass is 16.3. The average molecular weight is 482 g/mol. The predicted molar refractivity (Wildman–Crippen MR) is 134 cm³/mol. The lowest BCUT2D eigenvalue weighted by atomic mass is 9.94. The third-order valence-corrected chi connectivity index (χ3v) is 7.90. The van der Waals surface area contributed by atoms with Crippen LogP contribution in [0.2, 0.25) is 0 Å². The zero-order valence-corrected chi connectivity index (χ0v) is 20.7. The fourth-order valence-electron chi connectivity index (χ4n) is 5.73. The molecule has 0 spiro atoms. The number of β-amino-alcohol motifs (C(OH)–C–C–N with tert-alkyl or cyclic N) is 1. The average Bonchev–Trinajstić information content (AvgIpc) is 3.39. The number of nitrogens with zero attached hydrogens (tertiary/aromatic N) is 5. The third-order valence-electron chi connectivity index (χ3n) is 7.90. The molecular weight excluding hydrogens is 442 g/mol. The van der Waals surface area contributed by atoms with Gasteiger partial charge in [0.05, 0.1) is 12.6 Å². The number of hydrogen-bond donors (Lipinski definition) is 1. The second-order valence-electron chi connectivity index (χ2n) is 10.2. The summed E-state index contributed by atoms with van der Waals surface area (Å²) >= 11 is 0. The zero-order chi connectivity index (χ0) is 24.0. The maximum Gasteiger partial charge on any atom is 0.275 e. The highest BCUT2D eigenvalue weighted by Crippen LogP contribution is 2.24. The van der Waals surface area contributed by atoms with Crippen molar-refractivity contribution in [3.63, 3.8) is 0 Å². The normalized spacial score (nSPS) is 22.4. The van der Waals surface area contributed by atoms with Crippen LogP contribution in [0.1, 0.15) is 60.2 Å². The molecule has 2 aromatic rings. The largest absolute Gasteiger partial charge is 0.447 e. The van der Waals surface area contributed by atoms with Gasteiger partial charge in [0, 0.05) is 64.9 Å². The summed E-state index contributed by atoms with van der Waals surface area (Å²) in [5.74, 6) is 0.593. The summed E-state index contributed by atoms with van der Waals surface area (Å²) in [5, 5.41) is 10.5. The molecule has 3 aliphatic rings. The Balaban J connectivity index is 1.05. The van der Waals surface area contributed by atoms with Crippen molar-refractivity contribution >= 4 is 5.91 Å². The van der Waals surface area contributed by atoms with E-state index in [1.807, 2.05) is 35.2 Å². The van der Waals surface area contributed by atoms with E-state index in [1.165, 1.54) is 38.4 Å². The molecular formula is C27H39N5O3. The van der Waals surface area contributed by atoms with E-state index in [2.05, 4.69) is 19.7 Å². The van der Waals surface area contributed by atoms with Gasteiger partial charge in [-0.3, -0.25) is 19.5 Å². The van der Waals surface area contributed by atoms with Crippen molar-refractivity contribution in [3.05, 3.63) is 53.7 Å². The molecule has 2 aliphatic heterocycles. The summed E-state index contributed by atoms with van der Waals surface area (Å²) < 4.78 is 5.68. The fraction of sp³-hybridized carbons (Fsp3) is 0.630. The van der Waals surface area contributed by atoms with Gasteiger partial charge in [0.15, 0.2) is 5.69 Å². The number of piperazine rings is 2. The van der Waals surface area contributed by atoms with Crippen LogP contribution >= 0.6 is 0 Å². The van der Waals surface area contributed by atoms with Gasteiger partial charge >= 0.3 is 0 Å². The van der Waals surface area contributed by atoms with Crippen LogP contribution in [0, 0.1) is 0 Å². The van der Waals surface area contributed by atoms with Crippen molar-refractivity contribution in [2.75, 3.05) is 58.9 Å². The predicted octanol–water partition coefficient (Wildman–Crippen LogP) is 2.62. The molecule has 1 N–H and O–H groups in total. The molecule has 2 saturated heterocycles. The molecule has 8 nitrogen and oxygen atoms in total. The maximum absolute atomic E-state index is 13.0. The molecule has 8 heteroatoms. The number of aliphatic hydroxyl groups is 1. The molecule has 1 atom stereocenters. The number of amides is 1. The van der Waals surface area contributed by atoms with Gasteiger partial charge in [0.1, 0.15) is 6.26 Å². The molecule has 35 heavy (non-hydrogen) atoms. The molecule has 3 heterocycles. The summed E-state index contributed by atoms with van der Waals surface area (Å²) in [6.45, 7) is 8.27. The molecule has 0 radical (unpaired) electrons. The molecule has 1 unspecified atom stereocenters. The highest BCUT2D eigenvalue weighted by Gasteiger charge is 2.29. The Morgan fingerprint density at radius 3 is 2.34 bits per heavy atom. The third kappa shape index (κ3) is 6.30. The van der Waals surface area contributed by atoms with Crippen molar-refractivity contribution in [1.29, 1.82) is 0 Å². The maximum atomic E-state index is 13.0. The van der Waals surface area contributed by atoms with E-state index < -0.39 is 6.10 Å². The van der Waals surface area contributed by atoms with Crippen LogP contribution in [0.25, 0.3) is 0 Å². The first kappa shape index (κ1) is 24.4. The first-order valence-corrected chi connectivity index (χ1v) is 13.3. The molecule has 0 bridgehead atoms. The number of benzene rings is 1. The van der Waals surface area contributed by atoms with E-state index in [-0.39, 0.29) is 5.91 Å². The first-order chi connectivity index (χ1) is 17.2. The van der Waals surface area contributed by atoms with Crippen LogP contribution in [-0.4, -0.2) is 101 Å². The van der Waals surface area contributed by atoms with Gasteiger partial charge in [-0.1, -0.05) is 49.6 Å². The SMILES string of the molecule is O=C(c1coc(CN2CCN(CC(O)c3ccccc3)CC2)n1)N1CCN(C2CCCCC2)CC1. The van der Waals surface area contributed by atoms with Gasteiger partial charge in [-0.25, -0.2) is 4.98 Å². The lowest BCUT2D eigenvalue weighted by molar-refractivity contribution is 0.0518. The van der Waals surface area contributed by atoms with Crippen LogP contribution in [0.15, 0.2) is 41.0 Å². The van der Waals surface area contributed by atoms with E-state index in [0.717, 1.165) is 57.9 Å². The van der Waals surface area contributed by atoms with Gasteiger partial charge in [0.25, 0.3) is 5.91 Å². The Hall–Kier alpha value is -2.26. The van der Waals surface area contributed by atoms with Crippen LogP contribution in [0.5, 0.6) is 0 Å². The molecule has 1 amide bonds. The lowest BCUT2D eigenvalue weighted by Crippen LogP contribution is -2.52. The Kier molecular flexibility index (Phi) is 8.13. The van der Waals surface area contributed by atoms with E-state index in [1.54, 1.807) is 0 Å². The number of oxazole rings is 1. The smallest absolute Gasteiger partial charge is 0.275 e. The van der Waals surface area contributed by atoms with E-state index in [4.69, 9.17) is 4.42 Å². The molecule has 1 aliphatic carbocycles. The van der Waals surface area contributed by atoms with E-state index in [0.29, 0.717) is 30.7 Å². The number of rotatable bonds is 7. The number of carbonyl (C=O) groups is 1. The van der Waals surface area contributed by atoms with Gasteiger partial charge < -0.3 is 14.4 Å². The Morgan fingerprint density at radius 2 is 1.63 bits per heavy atom. The second-order valence-corrected chi connectivity index (χ2v) is 10.2. The van der Waals surface area contributed by atoms with Gasteiger partial charge in [0.2, 0.25) is 5.89 Å². The lowest BCUT2D eigenvalue weighted by Gasteiger charge is -2.40. The van der Waals surface area contributed by atoms with Gasteiger partial charge in [-0.05, 0) is 18.4 Å². The van der Waals surface area contributed by atoms with Crippen molar-refractivity contribution in [2.24, 2.45) is 0 Å².